The molecule has 1 amide bonds. The molecule has 0 unspecified atom stereocenters. The Hall–Kier alpha value is -1.45. The average Bonchev–Trinajstić information content (AvgIpc) is 2.14. The number of rotatable bonds is 2. The number of halogens is 2. The molecule has 0 bridgehead atoms. The molecule has 0 aromatic heterocycles. The van der Waals surface area contributed by atoms with Gasteiger partial charge in [-0.2, -0.15) is 0 Å². The van der Waals surface area contributed by atoms with Crippen molar-refractivity contribution in [2.75, 3.05) is 0 Å². The third kappa shape index (κ3) is 1.84. The number of carbonyl (C=O) groups is 1. The van der Waals surface area contributed by atoms with Crippen molar-refractivity contribution in [3.05, 3.63) is 35.4 Å². The van der Waals surface area contributed by atoms with Crippen LogP contribution in [0.5, 0.6) is 0 Å². The highest BCUT2D eigenvalue weighted by Gasteiger charge is 2.46. The number of hydrogen-bond donors (Lipinski definition) is 1. The quantitative estimate of drug-likeness (QED) is 0.801. The lowest BCUT2D eigenvalue weighted by molar-refractivity contribution is -0.0868. The predicted molar refractivity (Wildman–Crippen MR) is 51.9 cm³/mol. The maximum atomic E-state index is 12.7. The van der Waals surface area contributed by atoms with Crippen LogP contribution in [0.4, 0.5) is 8.78 Å². The number of hydrogen-bond acceptors (Lipinski definition) is 1. The van der Waals surface area contributed by atoms with Crippen molar-refractivity contribution in [1.29, 1.82) is 0 Å². The number of nitrogens with two attached hydrogens (primary N) is 1. The molecule has 1 fully saturated rings. The van der Waals surface area contributed by atoms with Gasteiger partial charge in [0.15, 0.2) is 0 Å². The van der Waals surface area contributed by atoms with Gasteiger partial charge < -0.3 is 5.73 Å². The predicted octanol–water partition coefficient (Wildman–Crippen LogP) is 2.30. The molecule has 1 aromatic carbocycles. The Balaban J connectivity index is 2.26. The third-order valence-corrected chi connectivity index (χ3v) is 2.76. The summed E-state index contributed by atoms with van der Waals surface area (Å²) in [5, 5.41) is 0. The number of alkyl halides is 2. The molecule has 4 heteroatoms. The maximum absolute atomic E-state index is 12.7. The first-order valence-corrected chi connectivity index (χ1v) is 4.76. The molecule has 0 radical (unpaired) electrons. The van der Waals surface area contributed by atoms with Crippen LogP contribution in [-0.2, 0) is 0 Å². The lowest BCUT2D eigenvalue weighted by atomic mass is 9.75. The fourth-order valence-electron chi connectivity index (χ4n) is 1.96. The standard InChI is InChI=1S/C11H11F2NO/c12-11(13)5-7(6-11)8-3-1-2-4-9(8)10(14)15/h1-4,7H,5-6H2,(H2,14,15). The van der Waals surface area contributed by atoms with Crippen LogP contribution in [0.3, 0.4) is 0 Å². The van der Waals surface area contributed by atoms with Gasteiger partial charge in [0.25, 0.3) is 0 Å². The van der Waals surface area contributed by atoms with Crippen LogP contribution in [-0.4, -0.2) is 11.8 Å². The highest BCUT2D eigenvalue weighted by molar-refractivity contribution is 5.94. The van der Waals surface area contributed by atoms with Gasteiger partial charge in [0.05, 0.1) is 0 Å². The summed E-state index contributed by atoms with van der Waals surface area (Å²) in [5.41, 5.74) is 6.18. The molecule has 0 saturated heterocycles. The minimum absolute atomic E-state index is 0.183. The molecular weight excluding hydrogens is 200 g/mol. The molecule has 15 heavy (non-hydrogen) atoms. The first kappa shape index (κ1) is 10.1. The Morgan fingerprint density at radius 1 is 1.33 bits per heavy atom. The van der Waals surface area contributed by atoms with Gasteiger partial charge in [0, 0.05) is 18.4 Å². The molecule has 0 spiro atoms. The van der Waals surface area contributed by atoms with Crippen LogP contribution in [0.25, 0.3) is 0 Å². The highest BCUT2D eigenvalue weighted by Crippen LogP contribution is 2.48. The van der Waals surface area contributed by atoms with Crippen molar-refractivity contribution >= 4 is 5.91 Å². The minimum Gasteiger partial charge on any atom is -0.366 e. The van der Waals surface area contributed by atoms with Gasteiger partial charge in [-0.05, 0) is 17.5 Å². The van der Waals surface area contributed by atoms with E-state index in [4.69, 9.17) is 5.73 Å². The van der Waals surface area contributed by atoms with Crippen molar-refractivity contribution in [1.82, 2.24) is 0 Å². The number of carbonyl (C=O) groups excluding carboxylic acids is 1. The van der Waals surface area contributed by atoms with Crippen LogP contribution in [0.1, 0.15) is 34.7 Å². The second-order valence-electron chi connectivity index (χ2n) is 3.91. The Morgan fingerprint density at radius 3 is 2.47 bits per heavy atom. The summed E-state index contributed by atoms with van der Waals surface area (Å²) in [4.78, 5) is 11.1. The molecule has 0 aliphatic heterocycles. The molecular formula is C11H11F2NO. The molecule has 1 saturated carbocycles. The van der Waals surface area contributed by atoms with Crippen LogP contribution < -0.4 is 5.73 Å². The Bertz CT molecular complexity index is 395. The van der Waals surface area contributed by atoms with Crippen LogP contribution in [0.15, 0.2) is 24.3 Å². The maximum Gasteiger partial charge on any atom is 0.249 e. The molecule has 2 rings (SSSR count). The number of benzene rings is 1. The summed E-state index contributed by atoms with van der Waals surface area (Å²) in [6.07, 6.45) is -0.366. The van der Waals surface area contributed by atoms with E-state index < -0.39 is 11.8 Å². The van der Waals surface area contributed by atoms with Crippen LogP contribution in [0, 0.1) is 0 Å². The first-order valence-electron chi connectivity index (χ1n) is 4.76. The fourth-order valence-corrected chi connectivity index (χ4v) is 1.96. The van der Waals surface area contributed by atoms with Crippen molar-refractivity contribution < 1.29 is 13.6 Å². The van der Waals surface area contributed by atoms with E-state index in [0.717, 1.165) is 0 Å². The van der Waals surface area contributed by atoms with Gasteiger partial charge >= 0.3 is 0 Å². The average molecular weight is 211 g/mol. The summed E-state index contributed by atoms with van der Waals surface area (Å²) in [6.45, 7) is 0. The van der Waals surface area contributed by atoms with E-state index in [1.165, 1.54) is 0 Å². The lowest BCUT2D eigenvalue weighted by Gasteiger charge is -2.35. The molecule has 1 aliphatic carbocycles. The topological polar surface area (TPSA) is 43.1 Å². The molecule has 1 aliphatic rings. The number of amides is 1. The van der Waals surface area contributed by atoms with Gasteiger partial charge in [0.1, 0.15) is 0 Å². The SMILES string of the molecule is NC(=O)c1ccccc1C1CC(F)(F)C1. The first-order chi connectivity index (χ1) is 6.99. The smallest absolute Gasteiger partial charge is 0.249 e. The fraction of sp³-hybridized carbons (Fsp3) is 0.364. The zero-order valence-electron chi connectivity index (χ0n) is 8.04. The van der Waals surface area contributed by atoms with E-state index in [0.29, 0.717) is 11.1 Å². The molecule has 0 atom stereocenters. The number of primary amides is 1. The zero-order valence-corrected chi connectivity index (χ0v) is 8.04. The van der Waals surface area contributed by atoms with E-state index >= 15 is 0 Å². The van der Waals surface area contributed by atoms with Crippen molar-refractivity contribution in [2.24, 2.45) is 5.73 Å². The van der Waals surface area contributed by atoms with Crippen molar-refractivity contribution in [2.45, 2.75) is 24.7 Å². The molecule has 80 valence electrons. The van der Waals surface area contributed by atoms with Crippen molar-refractivity contribution in [3.63, 3.8) is 0 Å². The second kappa shape index (κ2) is 3.29. The van der Waals surface area contributed by atoms with E-state index in [2.05, 4.69) is 0 Å². The van der Waals surface area contributed by atoms with E-state index in [1.807, 2.05) is 0 Å². The molecule has 0 heterocycles. The normalized spacial score (nSPS) is 19.6. The van der Waals surface area contributed by atoms with Crippen LogP contribution in [0.2, 0.25) is 0 Å². The Morgan fingerprint density at radius 2 is 1.93 bits per heavy atom. The van der Waals surface area contributed by atoms with Gasteiger partial charge in [0.2, 0.25) is 11.8 Å². The van der Waals surface area contributed by atoms with E-state index in [9.17, 15) is 13.6 Å². The minimum atomic E-state index is -2.57. The van der Waals surface area contributed by atoms with Gasteiger partial charge in [-0.25, -0.2) is 8.78 Å². The largest absolute Gasteiger partial charge is 0.366 e. The summed E-state index contributed by atoms with van der Waals surface area (Å²) in [6, 6.07) is 6.69. The Labute approximate surface area is 86.1 Å². The van der Waals surface area contributed by atoms with E-state index in [-0.39, 0.29) is 18.8 Å². The monoisotopic (exact) mass is 211 g/mol. The summed E-state index contributed by atoms with van der Waals surface area (Å²) in [5.74, 6) is -3.36. The lowest BCUT2D eigenvalue weighted by Crippen LogP contribution is -2.34. The second-order valence-corrected chi connectivity index (χ2v) is 3.91. The van der Waals surface area contributed by atoms with Gasteiger partial charge in [-0.15, -0.1) is 0 Å². The van der Waals surface area contributed by atoms with Crippen LogP contribution >= 0.6 is 0 Å². The molecule has 2 N–H and O–H groups in total. The Kier molecular flexibility index (Phi) is 2.21. The van der Waals surface area contributed by atoms with E-state index in [1.54, 1.807) is 24.3 Å². The zero-order chi connectivity index (χ0) is 11.1. The summed E-state index contributed by atoms with van der Waals surface area (Å²) < 4.78 is 25.4. The molecule has 1 aromatic rings. The summed E-state index contributed by atoms with van der Waals surface area (Å²) >= 11 is 0. The van der Waals surface area contributed by atoms with Gasteiger partial charge in [-0.3, -0.25) is 4.79 Å². The third-order valence-electron chi connectivity index (χ3n) is 2.76. The highest BCUT2D eigenvalue weighted by atomic mass is 19.3. The van der Waals surface area contributed by atoms with Gasteiger partial charge in [-0.1, -0.05) is 18.2 Å². The van der Waals surface area contributed by atoms with Crippen molar-refractivity contribution in [3.8, 4) is 0 Å². The molecule has 2 nitrogen and oxygen atoms in total. The summed E-state index contributed by atoms with van der Waals surface area (Å²) in [7, 11) is 0.